The van der Waals surface area contributed by atoms with Crippen LogP contribution in [0.1, 0.15) is 42.7 Å². The minimum Gasteiger partial charge on any atom is -0.489 e. The van der Waals surface area contributed by atoms with Gasteiger partial charge >= 0.3 is 0 Å². The Morgan fingerprint density at radius 3 is 2.26 bits per heavy atom. The Bertz CT molecular complexity index is 918. The quantitative estimate of drug-likeness (QED) is 0.217. The summed E-state index contributed by atoms with van der Waals surface area (Å²) in [4.78, 5) is 28.1. The van der Waals surface area contributed by atoms with Crippen molar-refractivity contribution in [3.8, 4) is 5.75 Å². The molecule has 1 saturated heterocycles. The van der Waals surface area contributed by atoms with Crippen molar-refractivity contribution in [2.45, 2.75) is 51.0 Å². The fourth-order valence-electron chi connectivity index (χ4n) is 4.09. The number of amides is 2. The summed E-state index contributed by atoms with van der Waals surface area (Å²) in [7, 11) is -2.03. The predicted molar refractivity (Wildman–Crippen MR) is 125 cm³/mol. The molecule has 31 heavy (non-hydrogen) atoms. The third kappa shape index (κ3) is 4.50. The maximum atomic E-state index is 13.5. The number of hydrogen-bond donors (Lipinski definition) is 0. The molecule has 2 aromatic carbocycles. The van der Waals surface area contributed by atoms with Crippen LogP contribution in [-0.4, -0.2) is 37.7 Å². The number of likely N-dealkylation sites (tertiary alicyclic amines) is 1. The summed E-state index contributed by atoms with van der Waals surface area (Å²) in [6.45, 7) is 10.3. The van der Waals surface area contributed by atoms with Gasteiger partial charge in [0.1, 0.15) is 12.4 Å². The fraction of sp³-hybridized carbons (Fsp3) is 0.360. The van der Waals surface area contributed by atoms with Gasteiger partial charge in [-0.2, -0.15) is 0 Å². The molecule has 0 spiro atoms. The van der Waals surface area contributed by atoms with Gasteiger partial charge in [-0.1, -0.05) is 75.9 Å². The van der Waals surface area contributed by atoms with Crippen molar-refractivity contribution in [1.82, 2.24) is 4.90 Å². The van der Waals surface area contributed by atoms with Crippen molar-refractivity contribution in [2.75, 3.05) is 6.61 Å². The molecule has 3 rings (SSSR count). The number of β-lactam (4-membered cyclic amide) rings is 1. The third-order valence-corrected chi connectivity index (χ3v) is 10.8. The molecule has 2 aromatic rings. The molecule has 1 aliphatic rings. The van der Waals surface area contributed by atoms with Crippen LogP contribution in [0.25, 0.3) is 0 Å². The van der Waals surface area contributed by atoms with E-state index in [1.165, 1.54) is 4.90 Å². The zero-order chi connectivity index (χ0) is 22.4. The lowest BCUT2D eigenvalue weighted by Crippen LogP contribution is -2.64. The van der Waals surface area contributed by atoms with E-state index < -0.39 is 20.5 Å². The van der Waals surface area contributed by atoms with Crippen molar-refractivity contribution in [1.29, 1.82) is 0 Å². The number of hydrogen-bond acceptors (Lipinski definition) is 4. The summed E-state index contributed by atoms with van der Waals surface area (Å²) in [6, 6.07) is 19.0. The van der Waals surface area contributed by atoms with E-state index in [9.17, 15) is 9.59 Å². The lowest BCUT2D eigenvalue weighted by molar-refractivity contribution is -0.158. The van der Waals surface area contributed by atoms with Gasteiger partial charge < -0.3 is 9.16 Å². The number of imide groups is 1. The average molecular weight is 438 g/mol. The molecular weight excluding hydrogens is 406 g/mol. The summed E-state index contributed by atoms with van der Waals surface area (Å²) >= 11 is 0. The molecule has 1 fully saturated rings. The SMILES string of the molecule is C=CCOc1ccccc1C(=O)N1C(=O)[C@H](O[Si](CC)(CC)CC)[C@@H]1c1ccccc1. The second-order valence-electron chi connectivity index (χ2n) is 7.75. The number of carbonyl (C=O) groups excluding carboxylic acids is 2. The summed E-state index contributed by atoms with van der Waals surface area (Å²) in [5.74, 6) is -0.199. The van der Waals surface area contributed by atoms with E-state index >= 15 is 0 Å². The number of carbonyl (C=O) groups is 2. The summed E-state index contributed by atoms with van der Waals surface area (Å²) < 4.78 is 12.2. The lowest BCUT2D eigenvalue weighted by atomic mass is 9.90. The summed E-state index contributed by atoms with van der Waals surface area (Å²) in [6.07, 6.45) is 0.996. The van der Waals surface area contributed by atoms with Gasteiger partial charge in [-0.25, -0.2) is 0 Å². The molecule has 2 atom stereocenters. The molecule has 1 aliphatic heterocycles. The van der Waals surface area contributed by atoms with E-state index in [-0.39, 0.29) is 18.4 Å². The van der Waals surface area contributed by atoms with E-state index in [0.29, 0.717) is 11.3 Å². The Kier molecular flexibility index (Phi) is 7.46. The third-order valence-electron chi connectivity index (χ3n) is 6.19. The van der Waals surface area contributed by atoms with Crippen LogP contribution in [0.15, 0.2) is 67.3 Å². The molecule has 5 nitrogen and oxygen atoms in total. The first-order valence-corrected chi connectivity index (χ1v) is 13.5. The first-order valence-electron chi connectivity index (χ1n) is 10.9. The number of benzene rings is 2. The van der Waals surface area contributed by atoms with Crippen LogP contribution in [0.2, 0.25) is 18.1 Å². The van der Waals surface area contributed by atoms with E-state index in [2.05, 4.69) is 27.4 Å². The second-order valence-corrected chi connectivity index (χ2v) is 12.5. The highest BCUT2D eigenvalue weighted by Gasteiger charge is 2.55. The van der Waals surface area contributed by atoms with Crippen LogP contribution in [0.4, 0.5) is 0 Å². The minimum absolute atomic E-state index is 0.274. The maximum Gasteiger partial charge on any atom is 0.264 e. The summed E-state index contributed by atoms with van der Waals surface area (Å²) in [5, 5.41) is 0. The number of ether oxygens (including phenoxy) is 1. The van der Waals surface area contributed by atoms with Crippen molar-refractivity contribution in [2.24, 2.45) is 0 Å². The Balaban J connectivity index is 1.96. The van der Waals surface area contributed by atoms with Crippen LogP contribution in [0, 0.1) is 0 Å². The highest BCUT2D eigenvalue weighted by Crippen LogP contribution is 2.42. The van der Waals surface area contributed by atoms with Gasteiger partial charge in [0, 0.05) is 0 Å². The van der Waals surface area contributed by atoms with Gasteiger partial charge in [-0.3, -0.25) is 14.5 Å². The van der Waals surface area contributed by atoms with E-state index in [4.69, 9.17) is 9.16 Å². The van der Waals surface area contributed by atoms with E-state index in [0.717, 1.165) is 23.7 Å². The molecule has 1 heterocycles. The number of para-hydroxylation sites is 1. The number of nitrogens with zero attached hydrogens (tertiary/aromatic N) is 1. The molecule has 6 heteroatoms. The Morgan fingerprint density at radius 1 is 1.03 bits per heavy atom. The highest BCUT2D eigenvalue weighted by atomic mass is 28.4. The smallest absolute Gasteiger partial charge is 0.264 e. The monoisotopic (exact) mass is 437 g/mol. The van der Waals surface area contributed by atoms with Crippen molar-refractivity contribution in [3.63, 3.8) is 0 Å². The van der Waals surface area contributed by atoms with Crippen LogP contribution in [0.3, 0.4) is 0 Å². The predicted octanol–water partition coefficient (Wildman–Crippen LogP) is 5.37. The zero-order valence-electron chi connectivity index (χ0n) is 18.5. The Morgan fingerprint density at radius 2 is 1.65 bits per heavy atom. The van der Waals surface area contributed by atoms with Gasteiger partial charge in [0.25, 0.3) is 11.8 Å². The lowest BCUT2D eigenvalue weighted by Gasteiger charge is -2.48. The molecule has 0 unspecified atom stereocenters. The zero-order valence-corrected chi connectivity index (χ0v) is 19.5. The first kappa shape index (κ1) is 23.0. The molecule has 0 aliphatic carbocycles. The van der Waals surface area contributed by atoms with Crippen molar-refractivity contribution >= 4 is 20.1 Å². The minimum atomic E-state index is -2.03. The average Bonchev–Trinajstić information content (AvgIpc) is 2.82. The standard InChI is InChI=1S/C25H31NO4Si/c1-5-18-29-21-17-13-12-16-20(21)24(27)26-22(19-14-10-9-11-15-19)23(25(26)28)30-31(6-2,7-3)8-4/h5,9-17,22-23H,1,6-8,18H2,2-4H3/t22-,23+/m0/s1. The molecule has 2 amide bonds. The van der Waals surface area contributed by atoms with Crippen molar-refractivity contribution < 1.29 is 18.8 Å². The summed E-state index contributed by atoms with van der Waals surface area (Å²) in [5.41, 5.74) is 1.26. The Hall–Kier alpha value is -2.70. The second kappa shape index (κ2) is 10.1. The van der Waals surface area contributed by atoms with Gasteiger partial charge in [-0.15, -0.1) is 0 Å². The number of rotatable bonds is 10. The maximum absolute atomic E-state index is 13.5. The van der Waals surface area contributed by atoms with E-state index in [1.807, 2.05) is 30.3 Å². The van der Waals surface area contributed by atoms with Crippen LogP contribution in [0.5, 0.6) is 5.75 Å². The van der Waals surface area contributed by atoms with Crippen LogP contribution >= 0.6 is 0 Å². The van der Waals surface area contributed by atoms with Gasteiger partial charge in [0.15, 0.2) is 14.4 Å². The van der Waals surface area contributed by atoms with Crippen molar-refractivity contribution in [3.05, 3.63) is 78.4 Å². The largest absolute Gasteiger partial charge is 0.489 e. The molecule has 0 N–H and O–H groups in total. The van der Waals surface area contributed by atoms with Crippen LogP contribution < -0.4 is 4.74 Å². The van der Waals surface area contributed by atoms with Gasteiger partial charge in [0.05, 0.1) is 11.6 Å². The molecule has 0 saturated carbocycles. The first-order chi connectivity index (χ1) is 15.0. The van der Waals surface area contributed by atoms with Gasteiger partial charge in [-0.05, 0) is 35.8 Å². The highest BCUT2D eigenvalue weighted by molar-refractivity contribution is 6.73. The normalized spacial score (nSPS) is 18.4. The van der Waals surface area contributed by atoms with E-state index in [1.54, 1.807) is 30.3 Å². The molecule has 0 aromatic heterocycles. The van der Waals surface area contributed by atoms with Gasteiger partial charge in [0.2, 0.25) is 0 Å². The van der Waals surface area contributed by atoms with Crippen LogP contribution in [-0.2, 0) is 9.22 Å². The molecule has 0 radical (unpaired) electrons. The molecule has 164 valence electrons. The Labute approximate surface area is 185 Å². The fourth-order valence-corrected chi connectivity index (χ4v) is 6.86. The topological polar surface area (TPSA) is 55.8 Å². The molecule has 0 bridgehead atoms. The molecular formula is C25H31NO4Si.